The zero-order valence-corrected chi connectivity index (χ0v) is 13.0. The molecule has 0 unspecified atom stereocenters. The normalized spacial score (nSPS) is 13.6. The van der Waals surface area contributed by atoms with Crippen molar-refractivity contribution in [1.82, 2.24) is 0 Å². The summed E-state index contributed by atoms with van der Waals surface area (Å²) in [7, 11) is 0. The van der Waals surface area contributed by atoms with E-state index in [1.807, 2.05) is 26.0 Å². The molecule has 3 heteroatoms. The highest BCUT2D eigenvalue weighted by atomic mass is 16.6. The number of carbonyl (C=O) groups excluding carboxylic acids is 1. The number of ether oxygens (including phenoxy) is 2. The lowest BCUT2D eigenvalue weighted by molar-refractivity contribution is -0.149. The van der Waals surface area contributed by atoms with E-state index in [0.29, 0.717) is 18.9 Å². The summed E-state index contributed by atoms with van der Waals surface area (Å²) in [5, 5.41) is 0. The number of hydrogen-bond donors (Lipinski definition) is 0. The van der Waals surface area contributed by atoms with Crippen LogP contribution in [0.4, 0.5) is 0 Å². The molecule has 0 amide bonds. The summed E-state index contributed by atoms with van der Waals surface area (Å²) in [4.78, 5) is 11.3. The van der Waals surface area contributed by atoms with Crippen LogP contribution >= 0.6 is 0 Å². The second-order valence-electron chi connectivity index (χ2n) is 5.24. The predicted molar refractivity (Wildman–Crippen MR) is 81.1 cm³/mol. The maximum atomic E-state index is 11.3. The molecule has 0 radical (unpaired) electrons. The van der Waals surface area contributed by atoms with Crippen LogP contribution in [0.3, 0.4) is 0 Å². The molecule has 0 N–H and O–H groups in total. The van der Waals surface area contributed by atoms with Gasteiger partial charge in [-0.3, -0.25) is 4.79 Å². The minimum atomic E-state index is -0.219. The standard InChI is InChI=1S/C17H26O3/c1-5-7-17(18)20-14(4)12-19-16-10-8-15(9-11-16)13(3)6-2/h8-11,13-14H,5-7,12H2,1-4H3/t13-,14+/m0/s1. The van der Waals surface area contributed by atoms with Crippen LogP contribution in [0.5, 0.6) is 5.75 Å². The third-order valence-electron chi connectivity index (χ3n) is 3.33. The van der Waals surface area contributed by atoms with E-state index in [1.165, 1.54) is 5.56 Å². The zero-order valence-electron chi connectivity index (χ0n) is 13.0. The van der Waals surface area contributed by atoms with Gasteiger partial charge in [0.1, 0.15) is 18.5 Å². The SMILES string of the molecule is CCCC(=O)O[C@H](C)COc1ccc([C@@H](C)CC)cc1. The Labute approximate surface area is 122 Å². The van der Waals surface area contributed by atoms with Crippen LogP contribution in [0, 0.1) is 0 Å². The predicted octanol–water partition coefficient (Wildman–Crippen LogP) is 4.31. The summed E-state index contributed by atoms with van der Waals surface area (Å²) in [6, 6.07) is 8.14. The summed E-state index contributed by atoms with van der Waals surface area (Å²) in [5.74, 6) is 1.23. The van der Waals surface area contributed by atoms with Crippen molar-refractivity contribution < 1.29 is 14.3 Å². The van der Waals surface area contributed by atoms with Gasteiger partial charge in [0.05, 0.1) is 0 Å². The topological polar surface area (TPSA) is 35.5 Å². The van der Waals surface area contributed by atoms with Crippen LogP contribution in [0.25, 0.3) is 0 Å². The Balaban J connectivity index is 2.39. The van der Waals surface area contributed by atoms with Crippen LogP contribution in [-0.2, 0) is 9.53 Å². The minimum absolute atomic E-state index is 0.157. The number of carbonyl (C=O) groups is 1. The van der Waals surface area contributed by atoms with Gasteiger partial charge in [0.25, 0.3) is 0 Å². The van der Waals surface area contributed by atoms with E-state index in [9.17, 15) is 4.79 Å². The lowest BCUT2D eigenvalue weighted by Gasteiger charge is -2.15. The Morgan fingerprint density at radius 2 is 1.80 bits per heavy atom. The van der Waals surface area contributed by atoms with E-state index in [-0.39, 0.29) is 12.1 Å². The summed E-state index contributed by atoms with van der Waals surface area (Å²) in [6.07, 6.45) is 2.19. The summed E-state index contributed by atoms with van der Waals surface area (Å²) in [6.45, 7) is 8.59. The van der Waals surface area contributed by atoms with Crippen molar-refractivity contribution in [3.8, 4) is 5.75 Å². The summed E-state index contributed by atoms with van der Waals surface area (Å²) < 4.78 is 10.9. The number of esters is 1. The number of hydrogen-bond acceptors (Lipinski definition) is 3. The molecule has 0 aliphatic rings. The average Bonchev–Trinajstić information content (AvgIpc) is 2.45. The van der Waals surface area contributed by atoms with Crippen LogP contribution in [0.2, 0.25) is 0 Å². The van der Waals surface area contributed by atoms with E-state index < -0.39 is 0 Å². The first-order valence-electron chi connectivity index (χ1n) is 7.49. The molecule has 0 bridgehead atoms. The van der Waals surface area contributed by atoms with Crippen molar-refractivity contribution in [2.45, 2.75) is 59.0 Å². The van der Waals surface area contributed by atoms with Crippen molar-refractivity contribution in [3.63, 3.8) is 0 Å². The molecule has 1 aromatic rings. The Morgan fingerprint density at radius 3 is 2.35 bits per heavy atom. The van der Waals surface area contributed by atoms with Gasteiger partial charge in [-0.1, -0.05) is 32.9 Å². The largest absolute Gasteiger partial charge is 0.490 e. The fraction of sp³-hybridized carbons (Fsp3) is 0.588. The van der Waals surface area contributed by atoms with Gasteiger partial charge >= 0.3 is 5.97 Å². The molecular weight excluding hydrogens is 252 g/mol. The van der Waals surface area contributed by atoms with Crippen molar-refractivity contribution in [3.05, 3.63) is 29.8 Å². The molecule has 20 heavy (non-hydrogen) atoms. The second-order valence-corrected chi connectivity index (χ2v) is 5.24. The maximum absolute atomic E-state index is 11.3. The van der Waals surface area contributed by atoms with Gasteiger partial charge < -0.3 is 9.47 Å². The molecular formula is C17H26O3. The van der Waals surface area contributed by atoms with Crippen molar-refractivity contribution in [2.24, 2.45) is 0 Å². The lowest BCUT2D eigenvalue weighted by atomic mass is 9.99. The van der Waals surface area contributed by atoms with Gasteiger partial charge in [-0.2, -0.15) is 0 Å². The van der Waals surface area contributed by atoms with Crippen LogP contribution in [0.1, 0.15) is 58.4 Å². The lowest BCUT2D eigenvalue weighted by Crippen LogP contribution is -2.21. The summed E-state index contributed by atoms with van der Waals surface area (Å²) in [5.41, 5.74) is 1.32. The molecule has 0 fully saturated rings. The van der Waals surface area contributed by atoms with Crippen LogP contribution in [-0.4, -0.2) is 18.7 Å². The molecule has 1 aromatic carbocycles. The Hall–Kier alpha value is -1.51. The Morgan fingerprint density at radius 1 is 1.15 bits per heavy atom. The zero-order chi connectivity index (χ0) is 15.0. The number of benzene rings is 1. The van der Waals surface area contributed by atoms with Crippen LogP contribution < -0.4 is 4.74 Å². The van der Waals surface area contributed by atoms with E-state index >= 15 is 0 Å². The first-order valence-corrected chi connectivity index (χ1v) is 7.49. The van der Waals surface area contributed by atoms with E-state index in [1.54, 1.807) is 0 Å². The monoisotopic (exact) mass is 278 g/mol. The van der Waals surface area contributed by atoms with Gasteiger partial charge in [-0.05, 0) is 43.4 Å². The second kappa shape index (κ2) is 8.62. The molecule has 0 heterocycles. The average molecular weight is 278 g/mol. The maximum Gasteiger partial charge on any atom is 0.306 e. The van der Waals surface area contributed by atoms with Gasteiger partial charge in [-0.25, -0.2) is 0 Å². The molecule has 0 saturated carbocycles. The Bertz CT molecular complexity index is 397. The molecule has 0 saturated heterocycles. The first kappa shape index (κ1) is 16.5. The molecule has 0 aliphatic heterocycles. The number of rotatable bonds is 8. The van der Waals surface area contributed by atoms with Crippen LogP contribution in [0.15, 0.2) is 24.3 Å². The summed E-state index contributed by atoms with van der Waals surface area (Å²) >= 11 is 0. The van der Waals surface area contributed by atoms with Gasteiger partial charge in [-0.15, -0.1) is 0 Å². The molecule has 0 spiro atoms. The fourth-order valence-electron chi connectivity index (χ4n) is 1.86. The van der Waals surface area contributed by atoms with E-state index in [4.69, 9.17) is 9.47 Å². The van der Waals surface area contributed by atoms with E-state index in [0.717, 1.165) is 18.6 Å². The highest BCUT2D eigenvalue weighted by Gasteiger charge is 2.09. The first-order chi connectivity index (χ1) is 9.56. The fourth-order valence-corrected chi connectivity index (χ4v) is 1.86. The van der Waals surface area contributed by atoms with Gasteiger partial charge in [0.15, 0.2) is 0 Å². The molecule has 0 aliphatic carbocycles. The Kier molecular flexibility index (Phi) is 7.13. The quantitative estimate of drug-likeness (QED) is 0.665. The molecule has 112 valence electrons. The highest BCUT2D eigenvalue weighted by molar-refractivity contribution is 5.69. The van der Waals surface area contributed by atoms with E-state index in [2.05, 4.69) is 26.0 Å². The minimum Gasteiger partial charge on any atom is -0.490 e. The third-order valence-corrected chi connectivity index (χ3v) is 3.33. The van der Waals surface area contributed by atoms with Crippen molar-refractivity contribution in [1.29, 1.82) is 0 Å². The van der Waals surface area contributed by atoms with Gasteiger partial charge in [0, 0.05) is 6.42 Å². The smallest absolute Gasteiger partial charge is 0.306 e. The molecule has 1 rings (SSSR count). The van der Waals surface area contributed by atoms with Gasteiger partial charge in [0.2, 0.25) is 0 Å². The van der Waals surface area contributed by atoms with Crippen molar-refractivity contribution in [2.75, 3.05) is 6.61 Å². The molecule has 0 aromatic heterocycles. The highest BCUT2D eigenvalue weighted by Crippen LogP contribution is 2.21. The molecule has 2 atom stereocenters. The molecule has 3 nitrogen and oxygen atoms in total. The third kappa shape index (κ3) is 5.64. The van der Waals surface area contributed by atoms with Crippen molar-refractivity contribution >= 4 is 5.97 Å².